The molecule has 1 saturated heterocycles. The van der Waals surface area contributed by atoms with Crippen LogP contribution in [0.15, 0.2) is 29.3 Å². The third-order valence-corrected chi connectivity index (χ3v) is 5.33. The highest BCUT2D eigenvalue weighted by Gasteiger charge is 2.25. The molecule has 3 heterocycles. The van der Waals surface area contributed by atoms with Crippen LogP contribution in [0.4, 0.5) is 0 Å². The molecule has 128 valence electrons. The number of hydrogen-bond acceptors (Lipinski definition) is 4. The standard InChI is InChI=1S/C18H25N5O/c24-18-13-15-5-1-2-7-17(15)20-23(18)14-16-6-3-9-21(16)11-12-22-10-4-8-19-22/h4,8,10,13,16H,1-3,5-7,9,11-12,14H2. The Labute approximate surface area is 142 Å². The van der Waals surface area contributed by atoms with E-state index in [2.05, 4.69) is 15.1 Å². The lowest BCUT2D eigenvalue weighted by molar-refractivity contribution is 0.213. The van der Waals surface area contributed by atoms with Crippen molar-refractivity contribution < 1.29 is 0 Å². The summed E-state index contributed by atoms with van der Waals surface area (Å²) in [7, 11) is 0. The molecule has 0 amide bonds. The molecular formula is C18H25N5O. The Hall–Kier alpha value is -1.95. The van der Waals surface area contributed by atoms with Gasteiger partial charge in [-0.3, -0.25) is 14.4 Å². The van der Waals surface area contributed by atoms with Crippen molar-refractivity contribution in [1.82, 2.24) is 24.5 Å². The first-order valence-electron chi connectivity index (χ1n) is 9.11. The van der Waals surface area contributed by atoms with E-state index in [1.54, 1.807) is 4.68 Å². The average molecular weight is 327 g/mol. The van der Waals surface area contributed by atoms with Gasteiger partial charge in [-0.15, -0.1) is 0 Å². The lowest BCUT2D eigenvalue weighted by Crippen LogP contribution is -2.39. The molecule has 1 aliphatic carbocycles. The summed E-state index contributed by atoms with van der Waals surface area (Å²) in [5.74, 6) is 0. The van der Waals surface area contributed by atoms with Gasteiger partial charge in [0.05, 0.1) is 18.8 Å². The Bertz CT molecular complexity index is 736. The molecule has 2 aromatic heterocycles. The molecule has 1 fully saturated rings. The van der Waals surface area contributed by atoms with Crippen molar-refractivity contribution in [2.75, 3.05) is 13.1 Å². The predicted octanol–water partition coefficient (Wildman–Crippen LogP) is 1.48. The first kappa shape index (κ1) is 15.6. The number of rotatable bonds is 5. The summed E-state index contributed by atoms with van der Waals surface area (Å²) >= 11 is 0. The predicted molar refractivity (Wildman–Crippen MR) is 92.0 cm³/mol. The van der Waals surface area contributed by atoms with Gasteiger partial charge >= 0.3 is 0 Å². The molecule has 0 radical (unpaired) electrons. The molecule has 2 aliphatic rings. The minimum Gasteiger partial charge on any atom is -0.297 e. The molecule has 2 aromatic rings. The summed E-state index contributed by atoms with van der Waals surface area (Å²) in [5.41, 5.74) is 2.38. The first-order valence-corrected chi connectivity index (χ1v) is 9.11. The Balaban J connectivity index is 1.44. The molecule has 6 nitrogen and oxygen atoms in total. The van der Waals surface area contributed by atoms with Crippen LogP contribution in [-0.4, -0.2) is 43.6 Å². The fourth-order valence-corrected chi connectivity index (χ4v) is 3.99. The molecule has 0 N–H and O–H groups in total. The van der Waals surface area contributed by atoms with Gasteiger partial charge in [0.2, 0.25) is 0 Å². The number of likely N-dealkylation sites (tertiary alicyclic amines) is 1. The second kappa shape index (κ2) is 6.89. The van der Waals surface area contributed by atoms with Crippen molar-refractivity contribution in [1.29, 1.82) is 0 Å². The smallest absolute Gasteiger partial charge is 0.267 e. The van der Waals surface area contributed by atoms with Crippen LogP contribution < -0.4 is 5.56 Å². The number of hydrogen-bond donors (Lipinski definition) is 0. The average Bonchev–Trinajstić information content (AvgIpc) is 3.25. The van der Waals surface area contributed by atoms with Crippen LogP contribution in [0.25, 0.3) is 0 Å². The van der Waals surface area contributed by atoms with Gasteiger partial charge in [-0.05, 0) is 56.7 Å². The summed E-state index contributed by atoms with van der Waals surface area (Å²) in [6.45, 7) is 3.69. The highest BCUT2D eigenvalue weighted by atomic mass is 16.1. The van der Waals surface area contributed by atoms with Crippen LogP contribution >= 0.6 is 0 Å². The summed E-state index contributed by atoms with van der Waals surface area (Å²) in [6, 6.07) is 4.19. The van der Waals surface area contributed by atoms with Crippen molar-refractivity contribution in [3.63, 3.8) is 0 Å². The second-order valence-corrected chi connectivity index (χ2v) is 6.94. The Morgan fingerprint density at radius 2 is 2.08 bits per heavy atom. The van der Waals surface area contributed by atoms with Gasteiger partial charge in [0, 0.05) is 31.0 Å². The molecule has 0 aromatic carbocycles. The number of aryl methyl sites for hydroxylation is 2. The first-order chi connectivity index (χ1) is 11.8. The van der Waals surface area contributed by atoms with E-state index >= 15 is 0 Å². The van der Waals surface area contributed by atoms with Gasteiger partial charge in [-0.25, -0.2) is 4.68 Å². The van der Waals surface area contributed by atoms with Gasteiger partial charge < -0.3 is 0 Å². The number of nitrogens with zero attached hydrogens (tertiary/aromatic N) is 5. The number of fused-ring (bicyclic) bond motifs is 1. The van der Waals surface area contributed by atoms with Crippen LogP contribution in [0, 0.1) is 0 Å². The molecule has 0 spiro atoms. The Morgan fingerprint density at radius 1 is 1.17 bits per heavy atom. The fraction of sp³-hybridized carbons (Fsp3) is 0.611. The molecule has 1 aliphatic heterocycles. The Morgan fingerprint density at radius 3 is 2.96 bits per heavy atom. The summed E-state index contributed by atoms with van der Waals surface area (Å²) in [6.07, 6.45) is 10.6. The highest BCUT2D eigenvalue weighted by Crippen LogP contribution is 2.20. The van der Waals surface area contributed by atoms with E-state index < -0.39 is 0 Å². The van der Waals surface area contributed by atoms with Crippen LogP contribution in [0.2, 0.25) is 0 Å². The van der Waals surface area contributed by atoms with Crippen LogP contribution in [0.5, 0.6) is 0 Å². The van der Waals surface area contributed by atoms with Crippen molar-refractivity contribution in [2.45, 2.75) is 57.7 Å². The van der Waals surface area contributed by atoms with Crippen LogP contribution in [-0.2, 0) is 25.9 Å². The molecule has 1 unspecified atom stereocenters. The SMILES string of the molecule is O=c1cc2c(nn1CC1CCCN1CCn1cccn1)CCCC2. The topological polar surface area (TPSA) is 56.0 Å². The van der Waals surface area contributed by atoms with E-state index in [-0.39, 0.29) is 5.56 Å². The van der Waals surface area contributed by atoms with Crippen LogP contribution in [0.3, 0.4) is 0 Å². The van der Waals surface area contributed by atoms with Crippen molar-refractivity contribution >= 4 is 0 Å². The van der Waals surface area contributed by atoms with E-state index in [0.29, 0.717) is 12.6 Å². The van der Waals surface area contributed by atoms with Gasteiger partial charge in [0.25, 0.3) is 5.56 Å². The van der Waals surface area contributed by atoms with E-state index in [1.165, 1.54) is 24.8 Å². The van der Waals surface area contributed by atoms with Gasteiger partial charge in [0.1, 0.15) is 0 Å². The summed E-state index contributed by atoms with van der Waals surface area (Å²) in [4.78, 5) is 14.9. The van der Waals surface area contributed by atoms with E-state index in [9.17, 15) is 4.79 Å². The summed E-state index contributed by atoms with van der Waals surface area (Å²) in [5, 5.41) is 8.95. The molecular weight excluding hydrogens is 302 g/mol. The quantitative estimate of drug-likeness (QED) is 0.835. The zero-order valence-corrected chi connectivity index (χ0v) is 14.1. The molecule has 0 bridgehead atoms. The largest absolute Gasteiger partial charge is 0.297 e. The number of aromatic nitrogens is 4. The second-order valence-electron chi connectivity index (χ2n) is 6.94. The minimum absolute atomic E-state index is 0.0644. The van der Waals surface area contributed by atoms with Crippen molar-refractivity contribution in [3.8, 4) is 0 Å². The Kier molecular flexibility index (Phi) is 4.47. The maximum atomic E-state index is 12.4. The zero-order valence-electron chi connectivity index (χ0n) is 14.1. The normalized spacial score (nSPS) is 21.1. The van der Waals surface area contributed by atoms with Crippen molar-refractivity contribution in [3.05, 3.63) is 46.1 Å². The molecule has 4 rings (SSSR count). The highest BCUT2D eigenvalue weighted by molar-refractivity contribution is 5.20. The zero-order chi connectivity index (χ0) is 16.4. The lowest BCUT2D eigenvalue weighted by atomic mass is 9.97. The van der Waals surface area contributed by atoms with Crippen molar-refractivity contribution in [2.24, 2.45) is 0 Å². The third-order valence-electron chi connectivity index (χ3n) is 5.33. The molecule has 0 saturated carbocycles. The maximum Gasteiger partial charge on any atom is 0.267 e. The molecule has 1 atom stereocenters. The fourth-order valence-electron chi connectivity index (χ4n) is 3.99. The van der Waals surface area contributed by atoms with E-state index in [4.69, 9.17) is 0 Å². The van der Waals surface area contributed by atoms with Gasteiger partial charge in [-0.2, -0.15) is 10.2 Å². The summed E-state index contributed by atoms with van der Waals surface area (Å²) < 4.78 is 3.68. The molecule has 24 heavy (non-hydrogen) atoms. The maximum absolute atomic E-state index is 12.4. The van der Waals surface area contributed by atoms with Crippen LogP contribution in [0.1, 0.15) is 36.9 Å². The monoisotopic (exact) mass is 327 g/mol. The van der Waals surface area contributed by atoms with Gasteiger partial charge in [-0.1, -0.05) is 0 Å². The molecule has 6 heteroatoms. The lowest BCUT2D eigenvalue weighted by Gasteiger charge is -2.25. The minimum atomic E-state index is 0.0644. The van der Waals surface area contributed by atoms with E-state index in [0.717, 1.165) is 44.6 Å². The van der Waals surface area contributed by atoms with Gasteiger partial charge in [0.15, 0.2) is 0 Å². The third kappa shape index (κ3) is 3.29. The van der Waals surface area contributed by atoms with E-state index in [1.807, 2.05) is 29.2 Å².